The number of nitrogens with one attached hydrogen (secondary N) is 1. The Hall–Kier alpha value is -2.03. The Morgan fingerprint density at radius 1 is 1.22 bits per heavy atom. The first-order valence-electron chi connectivity index (χ1n) is 6.08. The number of hydrogen-bond donors (Lipinski definition) is 1. The molecule has 0 bridgehead atoms. The maximum atomic E-state index is 11.6. The standard InChI is InChI=1S/C15H17NO2/c1-12-4-6-13(7-5-12)8-9-15(17)16-11-14-3-2-10-18-14/h2-7,10H,8-9,11H2,1H3,(H,16,17). The van der Waals surface area contributed by atoms with E-state index in [1.54, 1.807) is 6.26 Å². The predicted molar refractivity (Wildman–Crippen MR) is 70.1 cm³/mol. The Kier molecular flexibility index (Phi) is 4.18. The zero-order valence-electron chi connectivity index (χ0n) is 10.5. The first kappa shape index (κ1) is 12.4. The van der Waals surface area contributed by atoms with Crippen molar-refractivity contribution in [2.45, 2.75) is 26.3 Å². The number of hydrogen-bond acceptors (Lipinski definition) is 2. The second-order valence-electron chi connectivity index (χ2n) is 4.34. The summed E-state index contributed by atoms with van der Waals surface area (Å²) >= 11 is 0. The minimum absolute atomic E-state index is 0.0481. The lowest BCUT2D eigenvalue weighted by Gasteiger charge is -2.04. The van der Waals surface area contributed by atoms with E-state index in [-0.39, 0.29) is 5.91 Å². The zero-order valence-corrected chi connectivity index (χ0v) is 10.5. The summed E-state index contributed by atoms with van der Waals surface area (Å²) in [6.45, 7) is 2.51. The Bertz CT molecular complexity index is 486. The van der Waals surface area contributed by atoms with Crippen molar-refractivity contribution in [1.29, 1.82) is 0 Å². The van der Waals surface area contributed by atoms with Gasteiger partial charge in [-0.1, -0.05) is 29.8 Å². The second kappa shape index (κ2) is 6.05. The SMILES string of the molecule is Cc1ccc(CCC(=O)NCc2ccco2)cc1. The maximum absolute atomic E-state index is 11.6. The van der Waals surface area contributed by atoms with Gasteiger partial charge in [-0.3, -0.25) is 4.79 Å². The number of benzene rings is 1. The van der Waals surface area contributed by atoms with Crippen LogP contribution in [0.25, 0.3) is 0 Å². The van der Waals surface area contributed by atoms with Crippen molar-refractivity contribution in [3.05, 3.63) is 59.5 Å². The van der Waals surface area contributed by atoms with E-state index in [9.17, 15) is 4.79 Å². The molecule has 18 heavy (non-hydrogen) atoms. The lowest BCUT2D eigenvalue weighted by atomic mass is 10.1. The predicted octanol–water partition coefficient (Wildman–Crippen LogP) is 2.84. The minimum atomic E-state index is 0.0481. The van der Waals surface area contributed by atoms with Gasteiger partial charge in [0.1, 0.15) is 5.76 Å². The van der Waals surface area contributed by atoms with Crippen LogP contribution in [0.2, 0.25) is 0 Å². The third kappa shape index (κ3) is 3.77. The Balaban J connectivity index is 1.73. The van der Waals surface area contributed by atoms with Crippen molar-refractivity contribution in [3.63, 3.8) is 0 Å². The summed E-state index contributed by atoms with van der Waals surface area (Å²) in [7, 11) is 0. The molecule has 0 atom stereocenters. The fourth-order valence-electron chi connectivity index (χ4n) is 1.70. The molecule has 3 heteroatoms. The summed E-state index contributed by atoms with van der Waals surface area (Å²) in [5.74, 6) is 0.825. The van der Waals surface area contributed by atoms with Gasteiger partial charge in [-0.05, 0) is 31.0 Å². The van der Waals surface area contributed by atoms with Crippen LogP contribution < -0.4 is 5.32 Å². The van der Waals surface area contributed by atoms with Gasteiger partial charge in [0, 0.05) is 6.42 Å². The zero-order chi connectivity index (χ0) is 12.8. The molecule has 0 saturated carbocycles. The molecule has 1 amide bonds. The third-order valence-electron chi connectivity index (χ3n) is 2.80. The highest BCUT2D eigenvalue weighted by Gasteiger charge is 2.03. The van der Waals surface area contributed by atoms with Crippen molar-refractivity contribution in [2.24, 2.45) is 0 Å². The number of carbonyl (C=O) groups is 1. The maximum Gasteiger partial charge on any atom is 0.220 e. The molecule has 0 spiro atoms. The molecule has 2 rings (SSSR count). The Labute approximate surface area is 107 Å². The molecule has 0 unspecified atom stereocenters. The van der Waals surface area contributed by atoms with Gasteiger partial charge in [-0.25, -0.2) is 0 Å². The van der Waals surface area contributed by atoms with E-state index in [0.717, 1.165) is 12.2 Å². The van der Waals surface area contributed by atoms with Gasteiger partial charge in [0.15, 0.2) is 0 Å². The molecule has 0 saturated heterocycles. The highest BCUT2D eigenvalue weighted by atomic mass is 16.3. The van der Waals surface area contributed by atoms with Crippen LogP contribution in [0.15, 0.2) is 47.1 Å². The molecule has 1 heterocycles. The highest BCUT2D eigenvalue weighted by molar-refractivity contribution is 5.76. The summed E-state index contributed by atoms with van der Waals surface area (Å²) in [6.07, 6.45) is 2.88. The van der Waals surface area contributed by atoms with Gasteiger partial charge >= 0.3 is 0 Å². The fourth-order valence-corrected chi connectivity index (χ4v) is 1.70. The molecule has 2 aromatic rings. The Morgan fingerprint density at radius 2 is 2.00 bits per heavy atom. The van der Waals surface area contributed by atoms with Crippen molar-refractivity contribution in [3.8, 4) is 0 Å². The van der Waals surface area contributed by atoms with Gasteiger partial charge in [-0.15, -0.1) is 0 Å². The molecule has 0 aliphatic carbocycles. The first-order chi connectivity index (χ1) is 8.74. The van der Waals surface area contributed by atoms with Crippen LogP contribution in [-0.2, 0) is 17.8 Å². The largest absolute Gasteiger partial charge is 0.467 e. The number of rotatable bonds is 5. The number of carbonyl (C=O) groups excluding carboxylic acids is 1. The van der Waals surface area contributed by atoms with E-state index in [1.165, 1.54) is 11.1 Å². The van der Waals surface area contributed by atoms with Crippen LogP contribution >= 0.6 is 0 Å². The van der Waals surface area contributed by atoms with E-state index in [0.29, 0.717) is 13.0 Å². The average molecular weight is 243 g/mol. The van der Waals surface area contributed by atoms with Crippen LogP contribution in [0.1, 0.15) is 23.3 Å². The molecular weight excluding hydrogens is 226 g/mol. The van der Waals surface area contributed by atoms with Crippen molar-refractivity contribution < 1.29 is 9.21 Å². The fraction of sp³-hybridized carbons (Fsp3) is 0.267. The van der Waals surface area contributed by atoms with E-state index in [4.69, 9.17) is 4.42 Å². The average Bonchev–Trinajstić information content (AvgIpc) is 2.89. The summed E-state index contributed by atoms with van der Waals surface area (Å²) in [5, 5.41) is 2.83. The topological polar surface area (TPSA) is 42.2 Å². The van der Waals surface area contributed by atoms with E-state index in [2.05, 4.69) is 36.5 Å². The highest BCUT2D eigenvalue weighted by Crippen LogP contribution is 2.06. The third-order valence-corrected chi connectivity index (χ3v) is 2.80. The van der Waals surface area contributed by atoms with Crippen LogP contribution in [-0.4, -0.2) is 5.91 Å². The molecule has 0 aliphatic heterocycles. The van der Waals surface area contributed by atoms with Crippen LogP contribution in [0, 0.1) is 6.92 Å². The number of amides is 1. The van der Waals surface area contributed by atoms with Crippen molar-refractivity contribution in [1.82, 2.24) is 5.32 Å². The Morgan fingerprint density at radius 3 is 2.67 bits per heavy atom. The minimum Gasteiger partial charge on any atom is -0.467 e. The normalized spacial score (nSPS) is 10.3. The smallest absolute Gasteiger partial charge is 0.220 e. The monoisotopic (exact) mass is 243 g/mol. The molecular formula is C15H17NO2. The molecule has 0 radical (unpaired) electrons. The second-order valence-corrected chi connectivity index (χ2v) is 4.34. The van der Waals surface area contributed by atoms with Crippen LogP contribution in [0.3, 0.4) is 0 Å². The van der Waals surface area contributed by atoms with Gasteiger partial charge in [0.2, 0.25) is 5.91 Å². The molecule has 1 N–H and O–H groups in total. The van der Waals surface area contributed by atoms with Crippen molar-refractivity contribution in [2.75, 3.05) is 0 Å². The van der Waals surface area contributed by atoms with E-state index in [1.807, 2.05) is 12.1 Å². The summed E-state index contributed by atoms with van der Waals surface area (Å²) < 4.78 is 5.15. The lowest BCUT2D eigenvalue weighted by Crippen LogP contribution is -2.22. The van der Waals surface area contributed by atoms with Gasteiger partial charge in [-0.2, -0.15) is 0 Å². The summed E-state index contributed by atoms with van der Waals surface area (Å²) in [6, 6.07) is 11.9. The first-order valence-corrected chi connectivity index (χ1v) is 6.08. The number of furan rings is 1. The summed E-state index contributed by atoms with van der Waals surface area (Å²) in [5.41, 5.74) is 2.43. The van der Waals surface area contributed by atoms with E-state index >= 15 is 0 Å². The molecule has 3 nitrogen and oxygen atoms in total. The quantitative estimate of drug-likeness (QED) is 0.877. The summed E-state index contributed by atoms with van der Waals surface area (Å²) in [4.78, 5) is 11.6. The van der Waals surface area contributed by atoms with Crippen molar-refractivity contribution >= 4 is 5.91 Å². The van der Waals surface area contributed by atoms with Crippen LogP contribution in [0.4, 0.5) is 0 Å². The lowest BCUT2D eigenvalue weighted by molar-refractivity contribution is -0.121. The molecule has 94 valence electrons. The van der Waals surface area contributed by atoms with E-state index < -0.39 is 0 Å². The van der Waals surface area contributed by atoms with Gasteiger partial charge < -0.3 is 9.73 Å². The molecule has 1 aromatic carbocycles. The molecule has 0 aliphatic rings. The molecule has 1 aromatic heterocycles. The van der Waals surface area contributed by atoms with Gasteiger partial charge in [0.25, 0.3) is 0 Å². The van der Waals surface area contributed by atoms with Crippen LogP contribution in [0.5, 0.6) is 0 Å². The number of aryl methyl sites for hydroxylation is 2. The van der Waals surface area contributed by atoms with Gasteiger partial charge in [0.05, 0.1) is 12.8 Å². The molecule has 0 fully saturated rings.